The molecule has 4 heteroatoms. The normalized spacial score (nSPS) is 14.6. The summed E-state index contributed by atoms with van der Waals surface area (Å²) in [5.41, 5.74) is 8.58. The Morgan fingerprint density at radius 3 is 2.80 bits per heavy atom. The highest BCUT2D eigenvalue weighted by molar-refractivity contribution is 5.82. The van der Waals surface area contributed by atoms with Crippen LogP contribution in [0.5, 0.6) is 0 Å². The largest absolute Gasteiger partial charge is 0.384 e. The molecule has 0 saturated carbocycles. The predicted octanol–water partition coefficient (Wildman–Crippen LogP) is 2.60. The third kappa shape index (κ3) is 3.38. The highest BCUT2D eigenvalue weighted by Crippen LogP contribution is 2.20. The molecule has 0 spiro atoms. The zero-order valence-corrected chi connectivity index (χ0v) is 12.7. The molecule has 1 heterocycles. The quantitative estimate of drug-likeness (QED) is 0.845. The summed E-state index contributed by atoms with van der Waals surface area (Å²) in [7, 11) is 1.73. The van der Waals surface area contributed by atoms with E-state index in [0.717, 1.165) is 31.7 Å². The fourth-order valence-electron chi connectivity index (χ4n) is 2.79. The third-order valence-electron chi connectivity index (χ3n) is 3.65. The molecule has 2 aromatic rings. The molecule has 0 bridgehead atoms. The van der Waals surface area contributed by atoms with Gasteiger partial charge in [-0.3, -0.25) is 4.68 Å². The number of nitrogens with two attached hydrogens (primary N) is 1. The molecule has 0 fully saturated rings. The summed E-state index contributed by atoms with van der Waals surface area (Å²) in [6.07, 6.45) is 1.78. The molecule has 2 unspecified atom stereocenters. The van der Waals surface area contributed by atoms with Crippen LogP contribution in [0.4, 0.5) is 0 Å². The van der Waals surface area contributed by atoms with Gasteiger partial charge in [0.15, 0.2) is 0 Å². The van der Waals surface area contributed by atoms with E-state index in [1.54, 1.807) is 7.11 Å². The number of aryl methyl sites for hydroxylation is 1. The minimum atomic E-state index is 0.128. The zero-order chi connectivity index (χ0) is 14.5. The number of hydrogen-bond acceptors (Lipinski definition) is 3. The molecule has 0 saturated heterocycles. The molecule has 1 aromatic heterocycles. The number of nitrogens with zero attached hydrogens (tertiary/aromatic N) is 2. The van der Waals surface area contributed by atoms with E-state index in [-0.39, 0.29) is 6.04 Å². The second kappa shape index (κ2) is 6.86. The number of rotatable bonds is 7. The van der Waals surface area contributed by atoms with Gasteiger partial charge in [-0.05, 0) is 25.3 Å². The summed E-state index contributed by atoms with van der Waals surface area (Å²) in [6, 6.07) is 8.50. The Labute approximate surface area is 120 Å². The minimum absolute atomic E-state index is 0.128. The number of hydrogen-bond donors (Lipinski definition) is 1. The van der Waals surface area contributed by atoms with Crippen LogP contribution in [0.25, 0.3) is 10.9 Å². The maximum atomic E-state index is 6.27. The van der Waals surface area contributed by atoms with Crippen molar-refractivity contribution in [2.75, 3.05) is 13.7 Å². The summed E-state index contributed by atoms with van der Waals surface area (Å²) < 4.78 is 7.22. The van der Waals surface area contributed by atoms with Gasteiger partial charge in [-0.15, -0.1) is 0 Å². The van der Waals surface area contributed by atoms with Crippen molar-refractivity contribution >= 4 is 10.9 Å². The van der Waals surface area contributed by atoms with Gasteiger partial charge in [-0.25, -0.2) is 0 Å². The van der Waals surface area contributed by atoms with Crippen LogP contribution < -0.4 is 5.73 Å². The van der Waals surface area contributed by atoms with Crippen molar-refractivity contribution in [3.8, 4) is 0 Å². The van der Waals surface area contributed by atoms with Crippen molar-refractivity contribution in [1.82, 2.24) is 9.78 Å². The van der Waals surface area contributed by atoms with Crippen LogP contribution in [0.2, 0.25) is 0 Å². The number of para-hydroxylation sites is 1. The second-order valence-electron chi connectivity index (χ2n) is 5.54. The monoisotopic (exact) mass is 275 g/mol. The number of benzene rings is 1. The SMILES string of the molecule is CCn1nc(CC(N)CC(C)COC)c2ccccc21. The first-order valence-electron chi connectivity index (χ1n) is 7.34. The average molecular weight is 275 g/mol. The molecule has 0 aliphatic heterocycles. The minimum Gasteiger partial charge on any atom is -0.384 e. The number of methoxy groups -OCH3 is 1. The van der Waals surface area contributed by atoms with E-state index >= 15 is 0 Å². The predicted molar refractivity (Wildman–Crippen MR) is 82.7 cm³/mol. The zero-order valence-electron chi connectivity index (χ0n) is 12.7. The van der Waals surface area contributed by atoms with E-state index in [1.807, 2.05) is 0 Å². The molecule has 2 rings (SSSR count). The lowest BCUT2D eigenvalue weighted by Gasteiger charge is -2.15. The maximum Gasteiger partial charge on any atom is 0.0718 e. The first-order chi connectivity index (χ1) is 9.65. The molecule has 0 amide bonds. The fraction of sp³-hybridized carbons (Fsp3) is 0.562. The van der Waals surface area contributed by atoms with E-state index in [1.165, 1.54) is 10.9 Å². The van der Waals surface area contributed by atoms with E-state index in [9.17, 15) is 0 Å². The van der Waals surface area contributed by atoms with E-state index < -0.39 is 0 Å². The highest BCUT2D eigenvalue weighted by atomic mass is 16.5. The smallest absolute Gasteiger partial charge is 0.0718 e. The molecular weight excluding hydrogens is 250 g/mol. The Hall–Kier alpha value is -1.39. The van der Waals surface area contributed by atoms with Gasteiger partial charge in [0.1, 0.15) is 0 Å². The van der Waals surface area contributed by atoms with Crippen molar-refractivity contribution in [2.45, 2.75) is 39.3 Å². The van der Waals surface area contributed by atoms with Gasteiger partial charge in [0.05, 0.1) is 11.2 Å². The van der Waals surface area contributed by atoms with Crippen LogP contribution >= 0.6 is 0 Å². The van der Waals surface area contributed by atoms with Crippen molar-refractivity contribution in [1.29, 1.82) is 0 Å². The van der Waals surface area contributed by atoms with Crippen molar-refractivity contribution in [3.05, 3.63) is 30.0 Å². The number of fused-ring (bicyclic) bond motifs is 1. The standard InChI is InChI=1S/C16H25N3O/c1-4-19-16-8-6-5-7-14(16)15(18-19)10-13(17)9-12(2)11-20-3/h5-8,12-13H,4,9-11,17H2,1-3H3. The Balaban J connectivity index is 2.13. The fourth-order valence-corrected chi connectivity index (χ4v) is 2.79. The topological polar surface area (TPSA) is 53.1 Å². The molecule has 4 nitrogen and oxygen atoms in total. The molecule has 1 aromatic carbocycles. The van der Waals surface area contributed by atoms with Crippen molar-refractivity contribution in [3.63, 3.8) is 0 Å². The molecule has 0 aliphatic carbocycles. The molecule has 20 heavy (non-hydrogen) atoms. The molecule has 0 radical (unpaired) electrons. The molecule has 110 valence electrons. The highest BCUT2D eigenvalue weighted by Gasteiger charge is 2.15. The first-order valence-corrected chi connectivity index (χ1v) is 7.34. The molecule has 2 N–H and O–H groups in total. The summed E-state index contributed by atoms with van der Waals surface area (Å²) in [4.78, 5) is 0. The molecule has 2 atom stereocenters. The lowest BCUT2D eigenvalue weighted by Crippen LogP contribution is -2.27. The van der Waals surface area contributed by atoms with E-state index in [4.69, 9.17) is 15.6 Å². The van der Waals surface area contributed by atoms with Gasteiger partial charge in [0.25, 0.3) is 0 Å². The second-order valence-corrected chi connectivity index (χ2v) is 5.54. The van der Waals surface area contributed by atoms with Gasteiger partial charge in [0.2, 0.25) is 0 Å². The van der Waals surface area contributed by atoms with Crippen LogP contribution in [0.1, 0.15) is 26.0 Å². The molecular formula is C16H25N3O. The van der Waals surface area contributed by atoms with Crippen LogP contribution in [0.15, 0.2) is 24.3 Å². The van der Waals surface area contributed by atoms with E-state index in [2.05, 4.69) is 42.8 Å². The Bertz CT molecular complexity index is 550. The third-order valence-corrected chi connectivity index (χ3v) is 3.65. The van der Waals surface area contributed by atoms with Crippen LogP contribution in [-0.2, 0) is 17.7 Å². The average Bonchev–Trinajstić information content (AvgIpc) is 2.77. The van der Waals surface area contributed by atoms with Crippen LogP contribution in [-0.4, -0.2) is 29.5 Å². The first kappa shape index (κ1) is 15.0. The Kier molecular flexibility index (Phi) is 5.15. The van der Waals surface area contributed by atoms with Crippen LogP contribution in [0, 0.1) is 5.92 Å². The summed E-state index contributed by atoms with van der Waals surface area (Å²) >= 11 is 0. The number of ether oxygens (including phenoxy) is 1. The Morgan fingerprint density at radius 1 is 1.35 bits per heavy atom. The summed E-state index contributed by atoms with van der Waals surface area (Å²) in [5.74, 6) is 0.481. The van der Waals surface area contributed by atoms with Crippen molar-refractivity contribution < 1.29 is 4.74 Å². The van der Waals surface area contributed by atoms with Gasteiger partial charge in [0, 0.05) is 38.1 Å². The van der Waals surface area contributed by atoms with Gasteiger partial charge in [-0.2, -0.15) is 5.10 Å². The number of aromatic nitrogens is 2. The van der Waals surface area contributed by atoms with Gasteiger partial charge >= 0.3 is 0 Å². The van der Waals surface area contributed by atoms with Crippen molar-refractivity contribution in [2.24, 2.45) is 11.7 Å². The lowest BCUT2D eigenvalue weighted by molar-refractivity contribution is 0.152. The van der Waals surface area contributed by atoms with Crippen LogP contribution in [0.3, 0.4) is 0 Å². The summed E-state index contributed by atoms with van der Waals surface area (Å²) in [6.45, 7) is 5.93. The lowest BCUT2D eigenvalue weighted by atomic mass is 9.98. The van der Waals surface area contributed by atoms with E-state index in [0.29, 0.717) is 5.92 Å². The van der Waals surface area contributed by atoms with Gasteiger partial charge < -0.3 is 10.5 Å². The Morgan fingerprint density at radius 2 is 2.10 bits per heavy atom. The summed E-state index contributed by atoms with van der Waals surface area (Å²) in [5, 5.41) is 5.93. The molecule has 0 aliphatic rings. The maximum absolute atomic E-state index is 6.27. The van der Waals surface area contributed by atoms with Gasteiger partial charge in [-0.1, -0.05) is 25.1 Å².